The predicted molar refractivity (Wildman–Crippen MR) is 89.6 cm³/mol. The molecule has 2 N–H and O–H groups in total. The molecule has 118 valence electrons. The monoisotopic (exact) mass is 291 g/mol. The van der Waals surface area contributed by atoms with Crippen LogP contribution in [0, 0.1) is 5.92 Å². The molecule has 0 aliphatic heterocycles. The molecule has 1 aromatic carbocycles. The van der Waals surface area contributed by atoms with Gasteiger partial charge in [0.25, 0.3) is 0 Å². The summed E-state index contributed by atoms with van der Waals surface area (Å²) in [6.07, 6.45) is 1.02. The van der Waals surface area contributed by atoms with Gasteiger partial charge in [-0.2, -0.15) is 0 Å². The first-order valence-electron chi connectivity index (χ1n) is 7.82. The Kier molecular flexibility index (Phi) is 7.83. The molecule has 0 unspecified atom stereocenters. The first-order chi connectivity index (χ1) is 10.1. The lowest BCUT2D eigenvalue weighted by Gasteiger charge is -2.23. The Labute approximate surface area is 128 Å². The number of hydrogen-bond donors (Lipinski definition) is 2. The van der Waals surface area contributed by atoms with Gasteiger partial charge in [0.15, 0.2) is 0 Å². The molecule has 21 heavy (non-hydrogen) atoms. The number of amides is 1. The minimum atomic E-state index is 0.0473. The smallest absolute Gasteiger partial charge is 0.239 e. The topological polar surface area (TPSA) is 44.4 Å². The van der Waals surface area contributed by atoms with Crippen LogP contribution in [0.2, 0.25) is 0 Å². The quantitative estimate of drug-likeness (QED) is 0.734. The number of rotatable bonds is 9. The van der Waals surface area contributed by atoms with Crippen LogP contribution < -0.4 is 15.5 Å². The summed E-state index contributed by atoms with van der Waals surface area (Å²) in [4.78, 5) is 13.7. The van der Waals surface area contributed by atoms with Crippen molar-refractivity contribution >= 4 is 11.6 Å². The second-order valence-corrected chi connectivity index (χ2v) is 5.79. The number of nitrogens with one attached hydrogen (secondary N) is 2. The summed E-state index contributed by atoms with van der Waals surface area (Å²) in [5.41, 5.74) is 2.38. The molecule has 0 saturated carbocycles. The summed E-state index contributed by atoms with van der Waals surface area (Å²) in [5, 5.41) is 6.12. The van der Waals surface area contributed by atoms with E-state index in [-0.39, 0.29) is 5.91 Å². The zero-order chi connectivity index (χ0) is 15.7. The molecule has 0 atom stereocenters. The van der Waals surface area contributed by atoms with E-state index in [1.54, 1.807) is 7.05 Å². The van der Waals surface area contributed by atoms with Gasteiger partial charge in [0.05, 0.1) is 6.54 Å². The number of anilines is 1. The molecular weight excluding hydrogens is 262 g/mol. The van der Waals surface area contributed by atoms with Gasteiger partial charge in [-0.15, -0.1) is 0 Å². The van der Waals surface area contributed by atoms with Crippen molar-refractivity contribution in [3.8, 4) is 0 Å². The Bertz CT molecular complexity index is 415. The molecule has 0 saturated heterocycles. The van der Waals surface area contributed by atoms with Crippen molar-refractivity contribution in [3.63, 3.8) is 0 Å². The van der Waals surface area contributed by atoms with Crippen LogP contribution in [0.5, 0.6) is 0 Å². The summed E-state index contributed by atoms with van der Waals surface area (Å²) in [6.45, 7) is 9.76. The molecule has 1 amide bonds. The third-order valence-corrected chi connectivity index (χ3v) is 3.29. The summed E-state index contributed by atoms with van der Waals surface area (Å²) in [7, 11) is 1.68. The maximum atomic E-state index is 11.6. The van der Waals surface area contributed by atoms with Crippen LogP contribution in [0.3, 0.4) is 0 Å². The third-order valence-electron chi connectivity index (χ3n) is 3.29. The van der Waals surface area contributed by atoms with E-state index in [4.69, 9.17) is 0 Å². The molecule has 0 aliphatic rings. The third kappa shape index (κ3) is 6.63. The average molecular weight is 291 g/mol. The highest BCUT2D eigenvalue weighted by molar-refractivity contribution is 5.81. The van der Waals surface area contributed by atoms with Crippen LogP contribution in [0.25, 0.3) is 0 Å². The van der Waals surface area contributed by atoms with Crippen molar-refractivity contribution in [2.24, 2.45) is 5.92 Å². The minimum absolute atomic E-state index is 0.0473. The first-order valence-corrected chi connectivity index (χ1v) is 7.82. The second-order valence-electron chi connectivity index (χ2n) is 5.79. The van der Waals surface area contributed by atoms with Gasteiger partial charge in [-0.1, -0.05) is 32.9 Å². The molecule has 0 radical (unpaired) electrons. The average Bonchev–Trinajstić information content (AvgIpc) is 2.47. The lowest BCUT2D eigenvalue weighted by Crippen LogP contribution is -2.36. The first kappa shape index (κ1) is 17.5. The maximum Gasteiger partial charge on any atom is 0.239 e. The molecule has 0 heterocycles. The Morgan fingerprint density at radius 1 is 1.24 bits per heavy atom. The Balaban J connectivity index is 2.62. The second kappa shape index (κ2) is 9.40. The van der Waals surface area contributed by atoms with Crippen LogP contribution in [-0.4, -0.2) is 32.6 Å². The fraction of sp³-hybridized carbons (Fsp3) is 0.588. The number of benzene rings is 1. The summed E-state index contributed by atoms with van der Waals surface area (Å²) in [6, 6.07) is 8.47. The van der Waals surface area contributed by atoms with Crippen LogP contribution >= 0.6 is 0 Å². The molecule has 1 rings (SSSR count). The molecular formula is C17H29N3O. The van der Waals surface area contributed by atoms with Gasteiger partial charge in [-0.05, 0) is 36.6 Å². The zero-order valence-electron chi connectivity index (χ0n) is 13.8. The lowest BCUT2D eigenvalue weighted by molar-refractivity contribution is -0.119. The minimum Gasteiger partial charge on any atom is -0.362 e. The van der Waals surface area contributed by atoms with Crippen molar-refractivity contribution in [2.75, 3.05) is 31.6 Å². The SMILES string of the molecule is CCCN(CC(=O)NC)c1ccc(CNCC(C)C)cc1. The van der Waals surface area contributed by atoms with E-state index in [0.717, 1.165) is 31.7 Å². The van der Waals surface area contributed by atoms with Crippen LogP contribution in [0.1, 0.15) is 32.8 Å². The maximum absolute atomic E-state index is 11.6. The number of hydrogen-bond acceptors (Lipinski definition) is 3. The highest BCUT2D eigenvalue weighted by Gasteiger charge is 2.09. The van der Waals surface area contributed by atoms with E-state index >= 15 is 0 Å². The Morgan fingerprint density at radius 3 is 2.43 bits per heavy atom. The van der Waals surface area contributed by atoms with E-state index in [1.165, 1.54) is 5.56 Å². The molecule has 4 nitrogen and oxygen atoms in total. The molecule has 0 fully saturated rings. The molecule has 4 heteroatoms. The molecule has 0 aromatic heterocycles. The van der Waals surface area contributed by atoms with Crippen molar-refractivity contribution < 1.29 is 4.79 Å². The van der Waals surface area contributed by atoms with Crippen molar-refractivity contribution in [1.82, 2.24) is 10.6 Å². The van der Waals surface area contributed by atoms with Crippen molar-refractivity contribution in [2.45, 2.75) is 33.7 Å². The molecule has 0 spiro atoms. The van der Waals surface area contributed by atoms with E-state index in [2.05, 4.69) is 60.6 Å². The van der Waals surface area contributed by atoms with E-state index in [0.29, 0.717) is 12.5 Å². The van der Waals surface area contributed by atoms with Crippen molar-refractivity contribution in [1.29, 1.82) is 0 Å². The number of carbonyl (C=O) groups is 1. The standard InChI is InChI=1S/C17H29N3O/c1-5-10-20(13-17(21)18-4)16-8-6-15(7-9-16)12-19-11-14(2)3/h6-9,14,19H,5,10-13H2,1-4H3,(H,18,21). The molecule has 0 bridgehead atoms. The fourth-order valence-corrected chi connectivity index (χ4v) is 2.15. The van der Waals surface area contributed by atoms with Gasteiger partial charge in [0.2, 0.25) is 5.91 Å². The zero-order valence-corrected chi connectivity index (χ0v) is 13.8. The number of nitrogens with zero attached hydrogens (tertiary/aromatic N) is 1. The van der Waals surface area contributed by atoms with Gasteiger partial charge >= 0.3 is 0 Å². The van der Waals surface area contributed by atoms with Gasteiger partial charge in [0, 0.05) is 25.8 Å². The van der Waals surface area contributed by atoms with E-state index in [9.17, 15) is 4.79 Å². The summed E-state index contributed by atoms with van der Waals surface area (Å²) in [5.74, 6) is 0.711. The highest BCUT2D eigenvalue weighted by atomic mass is 16.1. The van der Waals surface area contributed by atoms with Gasteiger partial charge in [0.1, 0.15) is 0 Å². The number of likely N-dealkylation sites (N-methyl/N-ethyl adjacent to an activating group) is 1. The Hall–Kier alpha value is -1.55. The highest BCUT2D eigenvalue weighted by Crippen LogP contribution is 2.15. The van der Waals surface area contributed by atoms with Crippen LogP contribution in [0.4, 0.5) is 5.69 Å². The largest absolute Gasteiger partial charge is 0.362 e. The molecule has 0 aliphatic carbocycles. The normalized spacial score (nSPS) is 10.7. The van der Waals surface area contributed by atoms with Crippen molar-refractivity contribution in [3.05, 3.63) is 29.8 Å². The summed E-state index contributed by atoms with van der Waals surface area (Å²) < 4.78 is 0. The Morgan fingerprint density at radius 2 is 1.90 bits per heavy atom. The lowest BCUT2D eigenvalue weighted by atomic mass is 10.1. The molecule has 1 aromatic rings. The fourth-order valence-electron chi connectivity index (χ4n) is 2.15. The summed E-state index contributed by atoms with van der Waals surface area (Å²) >= 11 is 0. The predicted octanol–water partition coefficient (Wildman–Crippen LogP) is 2.39. The van der Waals surface area contributed by atoms with E-state index < -0.39 is 0 Å². The van der Waals surface area contributed by atoms with Crippen LogP contribution in [0.15, 0.2) is 24.3 Å². The van der Waals surface area contributed by atoms with Gasteiger partial charge in [-0.3, -0.25) is 4.79 Å². The van der Waals surface area contributed by atoms with Crippen LogP contribution in [-0.2, 0) is 11.3 Å². The van der Waals surface area contributed by atoms with Gasteiger partial charge < -0.3 is 15.5 Å². The van der Waals surface area contributed by atoms with E-state index in [1.807, 2.05) is 0 Å². The number of carbonyl (C=O) groups excluding carboxylic acids is 1. The van der Waals surface area contributed by atoms with Gasteiger partial charge in [-0.25, -0.2) is 0 Å².